The molecule has 8 aromatic rings. The number of carboxylic acids is 1. The molecule has 0 spiro atoms. The Morgan fingerprint density at radius 2 is 0.962 bits per heavy atom. The summed E-state index contributed by atoms with van der Waals surface area (Å²) >= 11 is 11.9. The Morgan fingerprint density at radius 3 is 1.47 bits per heavy atom. The number of benzene rings is 8. The number of aliphatic carboxylic acids is 1. The van der Waals surface area contributed by atoms with Gasteiger partial charge in [0.2, 0.25) is 0 Å². The van der Waals surface area contributed by atoms with E-state index >= 15 is 0 Å². The zero-order valence-electron chi connectivity index (χ0n) is 60.6. The van der Waals surface area contributed by atoms with Crippen LogP contribution in [0.1, 0.15) is 169 Å². The fourth-order valence-corrected chi connectivity index (χ4v) is 15.4. The Kier molecular flexibility index (Phi) is 31.0. The zero-order chi connectivity index (χ0) is 73.5. The van der Waals surface area contributed by atoms with E-state index in [-0.39, 0.29) is 42.4 Å². The number of piperidine rings is 4. The van der Waals surface area contributed by atoms with E-state index in [0.29, 0.717) is 60.7 Å². The second-order valence-electron chi connectivity index (χ2n) is 29.1. The Bertz CT molecular complexity index is 3940. The standard InChI is InChI=1S/C24H30ClNO.C21H23NO3.C21H23NO2.C13H17NO.C11H11ClO2/c25-22-11-9-21(10-12-22)24(13-5-14-24)18-26-15-4-6-19(17-26)16-23(27)20-7-2-1-3-8-20;23-20(19-11-5-2-6-12-19)14-18-10-7-13-22(15-18)21(24)25-16-17-8-3-1-4-9-17;23-21(24-17-20-10-5-2-6-11-20)22-15-7-12-19(16-22)14-13-18-8-3-1-4-9-18;15-13(12-6-2-1-3-7-12)9-11-5-4-8-14-10-11;12-9-4-2-8(3-5-9)11(10(13)14)6-1-7-11/h1-3,7-12,19,23,27H,4-6,13-18H2;1-6,8-9,11-12,18H,7,10,13-16H2;1-6,8-11,13-14,19H,7,12,15-17H2;1-3,6-7,11,14H,4-5,8-10H2;2-5H,1,6-7H2,(H,13,14)/b;;14-13+;;/t19-,23?;18-;19-;11-;/m1111./s1. The molecule has 2 saturated carbocycles. The van der Waals surface area contributed by atoms with Gasteiger partial charge in [0.05, 0.1) is 11.5 Å². The summed E-state index contributed by atoms with van der Waals surface area (Å²) in [6, 6.07) is 74.4. The lowest BCUT2D eigenvalue weighted by Crippen LogP contribution is -2.48. The van der Waals surface area contributed by atoms with Gasteiger partial charge in [-0.1, -0.05) is 254 Å². The number of aliphatic hydroxyl groups is 1. The number of halogens is 2. The molecule has 0 radical (unpaired) electrons. The highest BCUT2D eigenvalue weighted by Crippen LogP contribution is 2.46. The van der Waals surface area contributed by atoms with Gasteiger partial charge in [-0.25, -0.2) is 9.59 Å². The van der Waals surface area contributed by atoms with Crippen molar-refractivity contribution in [3.8, 4) is 0 Å². The summed E-state index contributed by atoms with van der Waals surface area (Å²) in [4.78, 5) is 66.2. The molecule has 15 heteroatoms. The Balaban J connectivity index is 0.000000144. The monoisotopic (exact) mass is 1450 g/mol. The first-order valence-corrected chi connectivity index (χ1v) is 38.7. The van der Waals surface area contributed by atoms with Gasteiger partial charge >= 0.3 is 18.2 Å². The number of ether oxygens (including phenoxy) is 2. The number of amides is 2. The summed E-state index contributed by atoms with van der Waals surface area (Å²) in [5.41, 5.74) is 7.83. The van der Waals surface area contributed by atoms with Crippen LogP contribution >= 0.6 is 23.2 Å². The SMILES string of the molecule is O=C(C[C@H]1CCCN(C(=O)OCc2ccccc2)C1)c1ccccc1.O=C(C[C@H]1CCCNC1)c1ccccc1.O=C(O)C1(c2ccc(Cl)cc2)CCC1.O=C(OCc1ccccc1)N1CCC[C@H](/C=C/c2ccccc2)C1.OC(C[C@H]1CCCN(CC2(c3ccc(Cl)cc3)CCC2)C1)c1ccccc1. The smallest absolute Gasteiger partial charge is 0.410 e. The predicted molar refractivity (Wildman–Crippen MR) is 420 cm³/mol. The van der Waals surface area contributed by atoms with Gasteiger partial charge in [-0.05, 0) is 184 Å². The molecule has 6 fully saturated rings. The molecular weight excluding hydrogens is 1350 g/mol. The van der Waals surface area contributed by atoms with Gasteiger partial charge < -0.3 is 39.7 Å². The van der Waals surface area contributed by atoms with Crippen LogP contribution in [0.2, 0.25) is 10.0 Å². The third kappa shape index (κ3) is 24.7. The largest absolute Gasteiger partial charge is 0.481 e. The first-order chi connectivity index (χ1) is 51.2. The molecular formula is C90H104Cl2N4O9. The lowest BCUT2D eigenvalue weighted by molar-refractivity contribution is -0.147. The van der Waals surface area contributed by atoms with Gasteiger partial charge in [0.1, 0.15) is 13.2 Å². The van der Waals surface area contributed by atoms with Crippen molar-refractivity contribution in [3.63, 3.8) is 0 Å². The minimum Gasteiger partial charge on any atom is -0.481 e. The number of carbonyl (C=O) groups excluding carboxylic acids is 4. The summed E-state index contributed by atoms with van der Waals surface area (Å²) in [5, 5.41) is 24.6. The van der Waals surface area contributed by atoms with Crippen LogP contribution in [0.3, 0.4) is 0 Å². The van der Waals surface area contributed by atoms with Crippen LogP contribution < -0.4 is 5.32 Å². The average molecular weight is 1460 g/mol. The quantitative estimate of drug-likeness (QED) is 0.0622. The lowest BCUT2D eigenvalue weighted by Gasteiger charge is -2.47. The van der Waals surface area contributed by atoms with Crippen molar-refractivity contribution in [1.29, 1.82) is 0 Å². The molecule has 0 bridgehead atoms. The first kappa shape index (κ1) is 78.9. The average Bonchev–Trinajstić information content (AvgIpc) is 0.778. The molecule has 1 unspecified atom stereocenters. The first-order valence-electron chi connectivity index (χ1n) is 37.9. The Morgan fingerprint density at radius 1 is 0.495 bits per heavy atom. The van der Waals surface area contributed by atoms with E-state index < -0.39 is 11.4 Å². The number of aliphatic hydroxyl groups excluding tert-OH is 1. The predicted octanol–water partition coefficient (Wildman–Crippen LogP) is 19.8. The molecule has 4 saturated heterocycles. The zero-order valence-corrected chi connectivity index (χ0v) is 62.1. The van der Waals surface area contributed by atoms with Gasteiger partial charge in [0.15, 0.2) is 11.6 Å². The van der Waals surface area contributed by atoms with E-state index in [0.717, 1.165) is 129 Å². The van der Waals surface area contributed by atoms with Gasteiger partial charge in [0.25, 0.3) is 0 Å². The van der Waals surface area contributed by atoms with Crippen molar-refractivity contribution in [1.82, 2.24) is 20.0 Å². The summed E-state index contributed by atoms with van der Waals surface area (Å²) in [6.07, 6.45) is 20.8. The highest BCUT2D eigenvalue weighted by molar-refractivity contribution is 6.30. The van der Waals surface area contributed by atoms with Crippen molar-refractivity contribution in [2.24, 2.45) is 23.7 Å². The van der Waals surface area contributed by atoms with E-state index in [1.165, 1.54) is 62.6 Å². The third-order valence-corrected chi connectivity index (χ3v) is 22.0. The van der Waals surface area contributed by atoms with Crippen molar-refractivity contribution < 1.29 is 43.7 Å². The van der Waals surface area contributed by atoms with Crippen LogP contribution in [0.5, 0.6) is 0 Å². The van der Waals surface area contributed by atoms with E-state index in [2.05, 4.69) is 46.6 Å². The van der Waals surface area contributed by atoms with Crippen LogP contribution in [0, 0.1) is 23.7 Å². The van der Waals surface area contributed by atoms with E-state index in [1.807, 2.05) is 199 Å². The van der Waals surface area contributed by atoms with E-state index in [4.69, 9.17) is 32.7 Å². The summed E-state index contributed by atoms with van der Waals surface area (Å²) in [6.45, 7) is 8.97. The fraction of sp³-hybridized carbons (Fsp3) is 0.389. The van der Waals surface area contributed by atoms with Crippen molar-refractivity contribution in [2.75, 3.05) is 58.9 Å². The van der Waals surface area contributed by atoms with Crippen LogP contribution in [-0.4, -0.2) is 114 Å². The Hall–Kier alpha value is -8.69. The number of nitrogens with one attached hydrogen (secondary N) is 1. The number of hydrogen-bond acceptors (Lipinski definition) is 10. The molecule has 2 amide bonds. The summed E-state index contributed by atoms with van der Waals surface area (Å²) in [5.74, 6) is 1.41. The van der Waals surface area contributed by atoms with E-state index in [9.17, 15) is 34.2 Å². The van der Waals surface area contributed by atoms with Crippen LogP contribution in [0.25, 0.3) is 6.08 Å². The minimum atomic E-state index is -0.717. The van der Waals surface area contributed by atoms with Crippen molar-refractivity contribution in [2.45, 2.75) is 139 Å². The molecule has 6 aliphatic rings. The van der Waals surface area contributed by atoms with Crippen molar-refractivity contribution >= 4 is 59.0 Å². The topological polar surface area (TPSA) is 166 Å². The number of nitrogens with zero attached hydrogens (tertiary/aromatic N) is 3. The second kappa shape index (κ2) is 41.3. The van der Waals surface area contributed by atoms with E-state index in [1.54, 1.807) is 17.0 Å². The molecule has 14 rings (SSSR count). The summed E-state index contributed by atoms with van der Waals surface area (Å²) < 4.78 is 10.8. The number of carboxylic acid groups (broad SMARTS) is 1. The van der Waals surface area contributed by atoms with Crippen LogP contribution in [0.4, 0.5) is 9.59 Å². The Labute approximate surface area is 632 Å². The number of carbonyl (C=O) groups is 5. The number of likely N-dealkylation sites (tertiary alicyclic amines) is 3. The molecule has 8 aromatic carbocycles. The number of rotatable bonds is 20. The highest BCUT2D eigenvalue weighted by atomic mass is 35.5. The normalized spacial score (nSPS) is 19.7. The highest BCUT2D eigenvalue weighted by Gasteiger charge is 2.46. The lowest BCUT2D eigenvalue weighted by atomic mass is 9.64. The number of Topliss-reactive ketones (excluding diaryl/α,β-unsaturated/α-hetero) is 2. The summed E-state index contributed by atoms with van der Waals surface area (Å²) in [7, 11) is 0. The third-order valence-electron chi connectivity index (χ3n) is 21.5. The second-order valence-corrected chi connectivity index (χ2v) is 30.0. The van der Waals surface area contributed by atoms with Gasteiger partial charge in [-0.15, -0.1) is 0 Å². The minimum absolute atomic E-state index is 0.144. The van der Waals surface area contributed by atoms with Gasteiger partial charge in [-0.2, -0.15) is 0 Å². The molecule has 0 aromatic heterocycles. The van der Waals surface area contributed by atoms with Crippen molar-refractivity contribution in [3.05, 3.63) is 291 Å². The molecule has 105 heavy (non-hydrogen) atoms. The molecule has 13 nitrogen and oxygen atoms in total. The molecule has 5 atom stereocenters. The number of hydrogen-bond donors (Lipinski definition) is 3. The van der Waals surface area contributed by atoms with Crippen LogP contribution in [-0.2, 0) is 38.3 Å². The molecule has 552 valence electrons. The maximum Gasteiger partial charge on any atom is 0.410 e. The maximum absolute atomic E-state index is 12.4. The maximum atomic E-state index is 12.4. The molecule has 3 N–H and O–H groups in total. The fourth-order valence-electron chi connectivity index (χ4n) is 15.2. The van der Waals surface area contributed by atoms with Crippen LogP contribution in [0.15, 0.2) is 237 Å². The molecule has 2 aliphatic carbocycles. The number of ketones is 2. The molecule has 4 aliphatic heterocycles. The van der Waals surface area contributed by atoms with Gasteiger partial charge in [-0.3, -0.25) is 14.4 Å². The molecule has 4 heterocycles. The van der Waals surface area contributed by atoms with Gasteiger partial charge in [0, 0.05) is 78.7 Å².